The van der Waals surface area contributed by atoms with Crippen LogP contribution in [0.2, 0.25) is 0 Å². The molecule has 0 saturated heterocycles. The van der Waals surface area contributed by atoms with Gasteiger partial charge in [-0.15, -0.1) is 0 Å². The van der Waals surface area contributed by atoms with Gasteiger partial charge in [0.2, 0.25) is 5.91 Å². The molecule has 0 radical (unpaired) electrons. The fourth-order valence-electron chi connectivity index (χ4n) is 2.03. The van der Waals surface area contributed by atoms with Crippen LogP contribution in [0.3, 0.4) is 0 Å². The Balaban J connectivity index is 2.18. The summed E-state index contributed by atoms with van der Waals surface area (Å²) >= 11 is 1.50. The number of thioether (sulfide) groups is 1. The lowest BCUT2D eigenvalue weighted by Crippen LogP contribution is -2.28. The number of carbonyl (C=O) groups excluding carboxylic acids is 1. The van der Waals surface area contributed by atoms with Crippen molar-refractivity contribution in [2.75, 3.05) is 12.0 Å². The minimum absolute atomic E-state index is 0.0209. The molecule has 110 valence electrons. The molecule has 2 aromatic rings. The summed E-state index contributed by atoms with van der Waals surface area (Å²) in [5, 5.41) is 2.95. The maximum absolute atomic E-state index is 11.6. The zero-order chi connectivity index (χ0) is 15.2. The Morgan fingerprint density at radius 1 is 1.38 bits per heavy atom. The second-order valence-electron chi connectivity index (χ2n) is 4.69. The molecule has 0 bridgehead atoms. The van der Waals surface area contributed by atoms with E-state index < -0.39 is 0 Å². The third-order valence-electron chi connectivity index (χ3n) is 3.08. The summed E-state index contributed by atoms with van der Waals surface area (Å²) in [5.74, 6) is 1.15. The highest BCUT2D eigenvalue weighted by molar-refractivity contribution is 7.99. The van der Waals surface area contributed by atoms with Crippen molar-refractivity contribution in [3.05, 3.63) is 42.0 Å². The Kier molecular flexibility index (Phi) is 5.27. The third kappa shape index (κ3) is 4.01. The maximum atomic E-state index is 11.6. The van der Waals surface area contributed by atoms with E-state index >= 15 is 0 Å². The van der Waals surface area contributed by atoms with E-state index in [1.54, 1.807) is 18.6 Å². The summed E-state index contributed by atoms with van der Waals surface area (Å²) in [7, 11) is 0. The van der Waals surface area contributed by atoms with E-state index in [0.717, 1.165) is 16.8 Å². The summed E-state index contributed by atoms with van der Waals surface area (Å²) in [6.45, 7) is 3.87. The van der Waals surface area contributed by atoms with Crippen LogP contribution in [0.5, 0.6) is 0 Å². The van der Waals surface area contributed by atoms with Gasteiger partial charge in [-0.1, -0.05) is 0 Å². The molecule has 5 nitrogen and oxygen atoms in total. The van der Waals surface area contributed by atoms with Gasteiger partial charge in [0.15, 0.2) is 5.82 Å². The molecular weight excluding hydrogens is 284 g/mol. The van der Waals surface area contributed by atoms with E-state index in [0.29, 0.717) is 11.6 Å². The lowest BCUT2D eigenvalue weighted by Gasteiger charge is -2.16. The summed E-state index contributed by atoms with van der Waals surface area (Å²) in [6.07, 6.45) is 7.12. The number of aromatic nitrogens is 3. The summed E-state index contributed by atoms with van der Waals surface area (Å²) in [6, 6.07) is 3.65. The summed E-state index contributed by atoms with van der Waals surface area (Å²) in [4.78, 5) is 24.5. The van der Waals surface area contributed by atoms with Crippen molar-refractivity contribution in [2.45, 2.75) is 19.9 Å². The Bertz CT molecular complexity index is 618. The quantitative estimate of drug-likeness (QED) is 0.918. The zero-order valence-corrected chi connectivity index (χ0v) is 13.1. The first-order valence-electron chi connectivity index (χ1n) is 6.64. The largest absolute Gasteiger partial charge is 0.349 e. The van der Waals surface area contributed by atoms with Crippen molar-refractivity contribution >= 4 is 17.7 Å². The topological polar surface area (TPSA) is 67.8 Å². The number of pyridine rings is 1. The van der Waals surface area contributed by atoms with Crippen LogP contribution in [0.25, 0.3) is 11.4 Å². The van der Waals surface area contributed by atoms with Crippen LogP contribution in [0.15, 0.2) is 30.7 Å². The van der Waals surface area contributed by atoms with E-state index in [2.05, 4.69) is 20.3 Å². The minimum atomic E-state index is -0.101. The number of rotatable bonds is 5. The number of nitrogens with zero attached hydrogens (tertiary/aromatic N) is 3. The molecule has 1 amide bonds. The smallest absolute Gasteiger partial charge is 0.230 e. The number of aryl methyl sites for hydroxylation is 1. The van der Waals surface area contributed by atoms with Crippen LogP contribution in [0.1, 0.15) is 24.2 Å². The number of amides is 1. The second-order valence-corrected chi connectivity index (χ2v) is 5.56. The Morgan fingerprint density at radius 2 is 2.10 bits per heavy atom. The van der Waals surface area contributed by atoms with Crippen LogP contribution in [-0.2, 0) is 4.79 Å². The van der Waals surface area contributed by atoms with Gasteiger partial charge in [0.25, 0.3) is 0 Å². The molecule has 0 aromatic carbocycles. The average molecular weight is 302 g/mol. The van der Waals surface area contributed by atoms with Crippen molar-refractivity contribution in [3.63, 3.8) is 0 Å². The van der Waals surface area contributed by atoms with Gasteiger partial charge in [-0.3, -0.25) is 9.78 Å². The first-order chi connectivity index (χ1) is 10.1. The van der Waals surface area contributed by atoms with Gasteiger partial charge >= 0.3 is 0 Å². The molecule has 2 aromatic heterocycles. The number of carbonyl (C=O) groups is 1. The van der Waals surface area contributed by atoms with Gasteiger partial charge < -0.3 is 5.32 Å². The highest BCUT2D eigenvalue weighted by Crippen LogP contribution is 2.19. The summed E-state index contributed by atoms with van der Waals surface area (Å²) in [5.41, 5.74) is 2.73. The molecule has 2 rings (SSSR count). The molecule has 0 aliphatic rings. The van der Waals surface area contributed by atoms with E-state index in [-0.39, 0.29) is 11.9 Å². The van der Waals surface area contributed by atoms with Crippen LogP contribution in [0, 0.1) is 6.92 Å². The molecule has 0 aliphatic heterocycles. The zero-order valence-electron chi connectivity index (χ0n) is 12.3. The van der Waals surface area contributed by atoms with Crippen LogP contribution in [-0.4, -0.2) is 32.9 Å². The van der Waals surface area contributed by atoms with Crippen molar-refractivity contribution in [3.8, 4) is 11.4 Å². The van der Waals surface area contributed by atoms with Gasteiger partial charge in [0.1, 0.15) is 0 Å². The molecular formula is C15H18N4OS. The molecule has 6 heteroatoms. The normalized spacial score (nSPS) is 12.0. The van der Waals surface area contributed by atoms with E-state index in [4.69, 9.17) is 0 Å². The van der Waals surface area contributed by atoms with Crippen LogP contribution < -0.4 is 5.32 Å². The molecule has 0 spiro atoms. The molecule has 1 atom stereocenters. The summed E-state index contributed by atoms with van der Waals surface area (Å²) < 4.78 is 0. The van der Waals surface area contributed by atoms with Crippen LogP contribution >= 0.6 is 11.8 Å². The SMILES string of the molecule is CSCC(=O)N[C@@H](C)c1cnc(-c2ccncc2)nc1C. The maximum Gasteiger partial charge on any atom is 0.230 e. The standard InChI is InChI=1S/C15H18N4OS/c1-10(18-14(20)9-21-3)13-8-17-15(19-11(13)2)12-4-6-16-7-5-12/h4-8,10H,9H2,1-3H3,(H,18,20)/t10-/m0/s1. The highest BCUT2D eigenvalue weighted by Gasteiger charge is 2.14. The highest BCUT2D eigenvalue weighted by atomic mass is 32.2. The fraction of sp³-hybridized carbons (Fsp3) is 0.333. The number of nitrogens with one attached hydrogen (secondary N) is 1. The first kappa shape index (κ1) is 15.4. The van der Waals surface area contributed by atoms with Crippen molar-refractivity contribution in [1.29, 1.82) is 0 Å². The van der Waals surface area contributed by atoms with Gasteiger partial charge in [-0.2, -0.15) is 11.8 Å². The van der Waals surface area contributed by atoms with E-state index in [1.165, 1.54) is 11.8 Å². The molecule has 0 saturated carbocycles. The third-order valence-corrected chi connectivity index (χ3v) is 3.63. The van der Waals surface area contributed by atoms with Gasteiger partial charge in [-0.25, -0.2) is 9.97 Å². The molecule has 2 heterocycles. The van der Waals surface area contributed by atoms with Gasteiger partial charge in [-0.05, 0) is 32.2 Å². The van der Waals surface area contributed by atoms with E-state index in [1.807, 2.05) is 32.2 Å². The Labute approximate surface area is 128 Å². The minimum Gasteiger partial charge on any atom is -0.349 e. The molecule has 0 unspecified atom stereocenters. The fourth-order valence-corrected chi connectivity index (χ4v) is 2.38. The van der Waals surface area contributed by atoms with Crippen molar-refractivity contribution in [2.24, 2.45) is 0 Å². The lowest BCUT2D eigenvalue weighted by molar-refractivity contribution is -0.119. The molecule has 1 N–H and O–H groups in total. The van der Waals surface area contributed by atoms with Gasteiger partial charge in [0.05, 0.1) is 11.8 Å². The molecule has 0 fully saturated rings. The number of hydrogen-bond donors (Lipinski definition) is 1. The number of hydrogen-bond acceptors (Lipinski definition) is 5. The van der Waals surface area contributed by atoms with Crippen LogP contribution in [0.4, 0.5) is 0 Å². The van der Waals surface area contributed by atoms with Crippen molar-refractivity contribution in [1.82, 2.24) is 20.3 Å². The van der Waals surface area contributed by atoms with E-state index in [9.17, 15) is 4.79 Å². The predicted molar refractivity (Wildman–Crippen MR) is 84.9 cm³/mol. The molecule has 0 aliphatic carbocycles. The molecule has 21 heavy (non-hydrogen) atoms. The Hall–Kier alpha value is -1.95. The predicted octanol–water partition coefficient (Wildman–Crippen LogP) is 2.39. The average Bonchev–Trinajstić information content (AvgIpc) is 2.48. The van der Waals surface area contributed by atoms with Gasteiger partial charge in [0, 0.05) is 35.4 Å². The van der Waals surface area contributed by atoms with Crippen molar-refractivity contribution < 1.29 is 4.79 Å². The lowest BCUT2D eigenvalue weighted by atomic mass is 10.1. The second kappa shape index (κ2) is 7.17. The Morgan fingerprint density at radius 3 is 2.71 bits per heavy atom. The first-order valence-corrected chi connectivity index (χ1v) is 8.03. The monoisotopic (exact) mass is 302 g/mol.